The molecule has 0 spiro atoms. The zero-order valence-corrected chi connectivity index (χ0v) is 10.1. The fraction of sp³-hybridized carbons (Fsp3) is 0.364. The molecule has 0 aromatic heterocycles. The van der Waals surface area contributed by atoms with Crippen LogP contribution >= 0.6 is 0 Å². The highest BCUT2D eigenvalue weighted by Gasteiger charge is 2.15. The lowest BCUT2D eigenvalue weighted by molar-refractivity contribution is -0.386. The van der Waals surface area contributed by atoms with Gasteiger partial charge in [0.05, 0.1) is 17.6 Å². The highest BCUT2D eigenvalue weighted by molar-refractivity contribution is 5.75. The number of nitrogens with one attached hydrogen (secondary N) is 1. The monoisotopic (exact) mass is 271 g/mol. The van der Waals surface area contributed by atoms with Crippen molar-refractivity contribution >= 4 is 11.6 Å². The van der Waals surface area contributed by atoms with Crippen molar-refractivity contribution in [2.75, 3.05) is 6.61 Å². The van der Waals surface area contributed by atoms with Gasteiger partial charge in [-0.2, -0.15) is 0 Å². The second-order valence-electron chi connectivity index (χ2n) is 3.74. The Labute approximate surface area is 108 Å². The zero-order valence-electron chi connectivity index (χ0n) is 10.1. The van der Waals surface area contributed by atoms with Crippen LogP contribution in [-0.4, -0.2) is 17.4 Å². The van der Waals surface area contributed by atoms with E-state index in [2.05, 4.69) is 0 Å². The van der Waals surface area contributed by atoms with E-state index in [1.807, 2.05) is 5.43 Å². The molecular formula is C11H14FN3O4. The molecule has 19 heavy (non-hydrogen) atoms. The summed E-state index contributed by atoms with van der Waals surface area (Å²) in [5.41, 5.74) is 1.58. The number of rotatable bonds is 7. The molecule has 0 saturated carbocycles. The zero-order chi connectivity index (χ0) is 14.3. The van der Waals surface area contributed by atoms with Gasteiger partial charge in [0.1, 0.15) is 5.82 Å². The molecule has 0 bridgehead atoms. The molecule has 104 valence electrons. The van der Waals surface area contributed by atoms with Gasteiger partial charge in [0.25, 0.3) is 0 Å². The molecule has 8 heteroatoms. The van der Waals surface area contributed by atoms with E-state index in [4.69, 9.17) is 10.6 Å². The number of nitro benzene ring substituents is 1. The van der Waals surface area contributed by atoms with E-state index in [-0.39, 0.29) is 24.7 Å². The molecule has 0 unspecified atom stereocenters. The second kappa shape index (κ2) is 7.27. The molecule has 0 aliphatic rings. The number of hydrogen-bond donors (Lipinski definition) is 2. The summed E-state index contributed by atoms with van der Waals surface area (Å²) >= 11 is 0. The number of amides is 1. The number of nitro groups is 1. The van der Waals surface area contributed by atoms with Gasteiger partial charge >= 0.3 is 5.69 Å². The number of hydrogen-bond acceptors (Lipinski definition) is 5. The average Bonchev–Trinajstić information content (AvgIpc) is 2.39. The van der Waals surface area contributed by atoms with E-state index in [0.29, 0.717) is 12.8 Å². The van der Waals surface area contributed by atoms with Crippen LogP contribution in [0.15, 0.2) is 18.2 Å². The molecule has 0 radical (unpaired) electrons. The number of hydrazine groups is 1. The van der Waals surface area contributed by atoms with E-state index in [9.17, 15) is 19.3 Å². The lowest BCUT2D eigenvalue weighted by Gasteiger charge is -2.06. The largest absolute Gasteiger partial charge is 0.487 e. The van der Waals surface area contributed by atoms with Crippen molar-refractivity contribution in [3.05, 3.63) is 34.1 Å². The summed E-state index contributed by atoms with van der Waals surface area (Å²) in [5.74, 6) is 3.93. The number of nitrogens with two attached hydrogens (primary N) is 1. The number of halogens is 1. The predicted molar refractivity (Wildman–Crippen MR) is 64.7 cm³/mol. The van der Waals surface area contributed by atoms with Crippen LogP contribution in [0.1, 0.15) is 19.3 Å². The summed E-state index contributed by atoms with van der Waals surface area (Å²) in [5, 5.41) is 10.7. The number of carbonyl (C=O) groups excluding carboxylic acids is 1. The summed E-state index contributed by atoms with van der Waals surface area (Å²) < 4.78 is 18.1. The number of nitrogens with zero attached hydrogens (tertiary/aromatic N) is 1. The summed E-state index contributed by atoms with van der Waals surface area (Å²) in [6.07, 6.45) is 1.32. The van der Waals surface area contributed by atoms with Crippen LogP contribution in [0.3, 0.4) is 0 Å². The molecule has 1 aromatic carbocycles. The fourth-order valence-electron chi connectivity index (χ4n) is 1.40. The van der Waals surface area contributed by atoms with E-state index in [1.165, 1.54) is 6.07 Å². The molecule has 0 saturated heterocycles. The Morgan fingerprint density at radius 2 is 2.21 bits per heavy atom. The van der Waals surface area contributed by atoms with Crippen molar-refractivity contribution in [2.24, 2.45) is 5.84 Å². The molecule has 7 nitrogen and oxygen atoms in total. The maximum atomic E-state index is 12.9. The first-order chi connectivity index (χ1) is 9.04. The van der Waals surface area contributed by atoms with Gasteiger partial charge < -0.3 is 4.74 Å². The Bertz CT molecular complexity index is 467. The van der Waals surface area contributed by atoms with Gasteiger partial charge in [-0.25, -0.2) is 10.2 Å². The Kier molecular flexibility index (Phi) is 5.68. The molecular weight excluding hydrogens is 257 g/mol. The number of carbonyl (C=O) groups is 1. The van der Waals surface area contributed by atoms with Crippen LogP contribution in [0.25, 0.3) is 0 Å². The van der Waals surface area contributed by atoms with Gasteiger partial charge in [0.2, 0.25) is 5.91 Å². The van der Waals surface area contributed by atoms with Gasteiger partial charge in [-0.1, -0.05) is 0 Å². The smallest absolute Gasteiger partial charge is 0.313 e. The lowest BCUT2D eigenvalue weighted by Crippen LogP contribution is -2.29. The summed E-state index contributed by atoms with van der Waals surface area (Å²) in [4.78, 5) is 20.8. The van der Waals surface area contributed by atoms with Crippen LogP contribution in [0.5, 0.6) is 5.75 Å². The first-order valence-electron chi connectivity index (χ1n) is 5.60. The first-order valence-corrected chi connectivity index (χ1v) is 5.60. The molecule has 3 N–H and O–H groups in total. The summed E-state index contributed by atoms with van der Waals surface area (Å²) in [7, 11) is 0. The maximum Gasteiger partial charge on any atom is 0.313 e. The predicted octanol–water partition coefficient (Wildman–Crippen LogP) is 1.27. The molecule has 0 aliphatic heterocycles. The third-order valence-electron chi connectivity index (χ3n) is 2.33. The SMILES string of the molecule is NNC(=O)CCCCOc1ccc(F)cc1[N+](=O)[O-]. The van der Waals surface area contributed by atoms with Gasteiger partial charge in [-0.15, -0.1) is 0 Å². The van der Waals surface area contributed by atoms with Crippen molar-refractivity contribution in [2.45, 2.75) is 19.3 Å². The molecule has 0 atom stereocenters. The Hall–Kier alpha value is -2.22. The van der Waals surface area contributed by atoms with Crippen molar-refractivity contribution < 1.29 is 18.8 Å². The van der Waals surface area contributed by atoms with Gasteiger partial charge in [0, 0.05) is 6.42 Å². The van der Waals surface area contributed by atoms with Crippen molar-refractivity contribution in [1.29, 1.82) is 0 Å². The average molecular weight is 271 g/mol. The molecule has 1 amide bonds. The summed E-state index contributed by atoms with van der Waals surface area (Å²) in [6.45, 7) is 0.199. The number of ether oxygens (including phenoxy) is 1. The van der Waals surface area contributed by atoms with Crippen molar-refractivity contribution in [3.63, 3.8) is 0 Å². The van der Waals surface area contributed by atoms with E-state index in [1.54, 1.807) is 0 Å². The fourth-order valence-corrected chi connectivity index (χ4v) is 1.40. The topological polar surface area (TPSA) is 107 Å². The molecule has 1 rings (SSSR count). The number of unbranched alkanes of at least 4 members (excludes halogenated alkanes) is 1. The normalized spacial score (nSPS) is 10.0. The highest BCUT2D eigenvalue weighted by Crippen LogP contribution is 2.27. The minimum Gasteiger partial charge on any atom is -0.487 e. The quantitative estimate of drug-likeness (QED) is 0.255. The number of benzene rings is 1. The first kappa shape index (κ1) is 14.8. The Morgan fingerprint density at radius 3 is 2.84 bits per heavy atom. The third-order valence-corrected chi connectivity index (χ3v) is 2.33. The Balaban J connectivity index is 2.45. The molecule has 0 heterocycles. The van der Waals surface area contributed by atoms with E-state index < -0.39 is 16.4 Å². The molecule has 0 fully saturated rings. The standard InChI is InChI=1S/C11H14FN3O4/c12-8-4-5-10(9(7-8)15(17)18)19-6-2-1-3-11(16)14-13/h4-5,7H,1-3,6,13H2,(H,14,16). The second-order valence-corrected chi connectivity index (χ2v) is 3.74. The van der Waals surface area contributed by atoms with Crippen LogP contribution in [0, 0.1) is 15.9 Å². The van der Waals surface area contributed by atoms with Crippen LogP contribution in [0.4, 0.5) is 10.1 Å². The van der Waals surface area contributed by atoms with Gasteiger partial charge in [0.15, 0.2) is 5.75 Å². The summed E-state index contributed by atoms with van der Waals surface area (Å²) in [6, 6.07) is 3.10. The lowest BCUT2D eigenvalue weighted by atomic mass is 10.2. The third kappa shape index (κ3) is 4.88. The van der Waals surface area contributed by atoms with Crippen LogP contribution in [0.2, 0.25) is 0 Å². The van der Waals surface area contributed by atoms with Crippen LogP contribution < -0.4 is 16.0 Å². The Morgan fingerprint density at radius 1 is 1.47 bits per heavy atom. The van der Waals surface area contributed by atoms with E-state index >= 15 is 0 Å². The van der Waals surface area contributed by atoms with Gasteiger partial charge in [-0.3, -0.25) is 20.3 Å². The van der Waals surface area contributed by atoms with Crippen LogP contribution in [-0.2, 0) is 4.79 Å². The molecule has 0 aliphatic carbocycles. The minimum absolute atomic E-state index is 0.00896. The highest BCUT2D eigenvalue weighted by atomic mass is 19.1. The maximum absolute atomic E-state index is 12.9. The van der Waals surface area contributed by atoms with E-state index in [0.717, 1.165) is 12.1 Å². The molecule has 1 aromatic rings. The van der Waals surface area contributed by atoms with Gasteiger partial charge in [-0.05, 0) is 25.0 Å². The van der Waals surface area contributed by atoms with Crippen molar-refractivity contribution in [1.82, 2.24) is 5.43 Å². The minimum atomic E-state index is -0.708. The van der Waals surface area contributed by atoms with Crippen molar-refractivity contribution in [3.8, 4) is 5.75 Å².